The van der Waals surface area contributed by atoms with Crippen LogP contribution in [0.25, 0.3) is 0 Å². The fourth-order valence-corrected chi connectivity index (χ4v) is 8.73. The lowest BCUT2D eigenvalue weighted by molar-refractivity contribution is -0.00481. The van der Waals surface area contributed by atoms with Gasteiger partial charge in [0.25, 0.3) is 0 Å². The van der Waals surface area contributed by atoms with Gasteiger partial charge in [-0.1, -0.05) is 78.2 Å². The first-order valence-corrected chi connectivity index (χ1v) is 13.2. The predicted octanol–water partition coefficient (Wildman–Crippen LogP) is 8.83. The van der Waals surface area contributed by atoms with E-state index in [0.29, 0.717) is 10.8 Å². The summed E-state index contributed by atoms with van der Waals surface area (Å²) in [4.78, 5) is 0. The molecule has 3 saturated carbocycles. The molecule has 4 aliphatic rings. The maximum absolute atomic E-state index is 2.78. The van der Waals surface area contributed by atoms with Crippen molar-refractivity contribution >= 4 is 0 Å². The summed E-state index contributed by atoms with van der Waals surface area (Å²) in [5.74, 6) is 5.91. The minimum Gasteiger partial charge on any atom is -0.0851 e. The molecular formula is C29H48. The van der Waals surface area contributed by atoms with Crippen LogP contribution in [0.1, 0.15) is 106 Å². The lowest BCUT2D eigenvalue weighted by atomic mass is 9.48. The molecule has 0 aliphatic heterocycles. The molecule has 0 saturated heterocycles. The van der Waals surface area contributed by atoms with Crippen molar-refractivity contribution in [3.05, 3.63) is 23.8 Å². The van der Waals surface area contributed by atoms with Gasteiger partial charge in [0.05, 0.1) is 0 Å². The Morgan fingerprint density at radius 2 is 1.69 bits per heavy atom. The first kappa shape index (κ1) is 21.7. The van der Waals surface area contributed by atoms with E-state index in [9.17, 15) is 0 Å². The molecule has 0 radical (unpaired) electrons. The second kappa shape index (κ2) is 8.20. The Hall–Kier alpha value is -0.520. The molecule has 0 heteroatoms. The fourth-order valence-electron chi connectivity index (χ4n) is 8.73. The van der Waals surface area contributed by atoms with Crippen LogP contribution < -0.4 is 0 Å². The van der Waals surface area contributed by atoms with Gasteiger partial charge in [0.2, 0.25) is 0 Å². The van der Waals surface area contributed by atoms with Crippen molar-refractivity contribution in [2.45, 2.75) is 106 Å². The van der Waals surface area contributed by atoms with Crippen LogP contribution in [0.15, 0.2) is 23.8 Å². The van der Waals surface area contributed by atoms with Crippen LogP contribution in [-0.2, 0) is 0 Å². The number of hydrogen-bond acceptors (Lipinski definition) is 0. The van der Waals surface area contributed by atoms with Crippen LogP contribution in [0.3, 0.4) is 0 Å². The third kappa shape index (κ3) is 3.59. The lowest BCUT2D eigenvalue weighted by Gasteiger charge is -2.57. The van der Waals surface area contributed by atoms with Gasteiger partial charge in [-0.25, -0.2) is 0 Å². The Morgan fingerprint density at radius 1 is 0.931 bits per heavy atom. The summed E-state index contributed by atoms with van der Waals surface area (Å²) in [6.45, 7) is 15.0. The van der Waals surface area contributed by atoms with E-state index in [2.05, 4.69) is 59.8 Å². The zero-order valence-corrected chi connectivity index (χ0v) is 20.3. The molecule has 0 amide bonds. The third-order valence-corrected chi connectivity index (χ3v) is 10.7. The van der Waals surface area contributed by atoms with Crippen molar-refractivity contribution in [3.63, 3.8) is 0 Å². The van der Waals surface area contributed by atoms with Crippen LogP contribution in [0.4, 0.5) is 0 Å². The average Bonchev–Trinajstić information content (AvgIpc) is 3.05. The number of fused-ring (bicyclic) bond motifs is 5. The van der Waals surface area contributed by atoms with Crippen molar-refractivity contribution in [3.8, 4) is 0 Å². The maximum atomic E-state index is 2.78. The SMILES string of the molecule is CC[C@H](C=C[C@@H](C)[C@H]1CC[C@H]2C3=CCC4CCCC[C@]4(C)[C@H]3CC[C@]12C)C(C)C. The molecule has 0 nitrogen and oxygen atoms in total. The van der Waals surface area contributed by atoms with E-state index in [1.807, 2.05) is 5.57 Å². The monoisotopic (exact) mass is 396 g/mol. The van der Waals surface area contributed by atoms with E-state index in [-0.39, 0.29) is 0 Å². The molecule has 0 aromatic carbocycles. The normalized spacial score (nSPS) is 44.2. The first-order valence-electron chi connectivity index (χ1n) is 13.2. The molecule has 1 unspecified atom stereocenters. The van der Waals surface area contributed by atoms with Crippen molar-refractivity contribution < 1.29 is 0 Å². The Labute approximate surface area is 182 Å². The second-order valence-electron chi connectivity index (χ2n) is 12.3. The van der Waals surface area contributed by atoms with Crippen LogP contribution in [0.2, 0.25) is 0 Å². The Balaban J connectivity index is 1.53. The van der Waals surface area contributed by atoms with Gasteiger partial charge in [0.1, 0.15) is 0 Å². The maximum Gasteiger partial charge on any atom is -0.0143 e. The third-order valence-electron chi connectivity index (χ3n) is 10.7. The van der Waals surface area contributed by atoms with Gasteiger partial charge in [-0.05, 0) is 104 Å². The van der Waals surface area contributed by atoms with Gasteiger partial charge in [0, 0.05) is 0 Å². The highest BCUT2D eigenvalue weighted by Gasteiger charge is 2.57. The molecule has 0 aromatic rings. The predicted molar refractivity (Wildman–Crippen MR) is 127 cm³/mol. The van der Waals surface area contributed by atoms with E-state index < -0.39 is 0 Å². The minimum absolute atomic E-state index is 0.545. The summed E-state index contributed by atoms with van der Waals surface area (Å²) in [7, 11) is 0. The van der Waals surface area contributed by atoms with Gasteiger partial charge in [-0.15, -0.1) is 0 Å². The van der Waals surface area contributed by atoms with E-state index in [4.69, 9.17) is 0 Å². The molecule has 4 aliphatic carbocycles. The molecule has 29 heavy (non-hydrogen) atoms. The summed E-state index contributed by atoms with van der Waals surface area (Å²) in [6, 6.07) is 0. The zero-order valence-electron chi connectivity index (χ0n) is 20.3. The average molecular weight is 397 g/mol. The summed E-state index contributed by atoms with van der Waals surface area (Å²) >= 11 is 0. The molecule has 164 valence electrons. The quantitative estimate of drug-likeness (QED) is 0.407. The van der Waals surface area contributed by atoms with Gasteiger partial charge >= 0.3 is 0 Å². The minimum atomic E-state index is 0.545. The molecular weight excluding hydrogens is 348 g/mol. The number of rotatable bonds is 5. The standard InChI is InChI=1S/C29H48/c1-7-22(20(2)3)12-11-21(4)25-15-16-26-24-14-13-23-10-8-9-18-28(23,5)27(24)17-19-29(25,26)6/h11-12,14,20-23,25-27H,7-10,13,15-19H2,1-6H3/t21-,22-,23?,25-,26+,27+,28+,29-/m1/s1. The summed E-state index contributed by atoms with van der Waals surface area (Å²) in [5, 5.41) is 0. The highest BCUT2D eigenvalue weighted by atomic mass is 14.6. The topological polar surface area (TPSA) is 0 Å². The largest absolute Gasteiger partial charge is 0.0851 e. The molecule has 0 bridgehead atoms. The Bertz CT molecular complexity index is 638. The van der Waals surface area contributed by atoms with Gasteiger partial charge in [-0.2, -0.15) is 0 Å². The fraction of sp³-hybridized carbons (Fsp3) is 0.862. The van der Waals surface area contributed by atoms with Crippen LogP contribution >= 0.6 is 0 Å². The first-order chi connectivity index (χ1) is 13.8. The van der Waals surface area contributed by atoms with E-state index >= 15 is 0 Å². The van der Waals surface area contributed by atoms with Crippen LogP contribution in [0, 0.1) is 52.3 Å². The molecule has 0 N–H and O–H groups in total. The van der Waals surface area contributed by atoms with Crippen molar-refractivity contribution in [1.82, 2.24) is 0 Å². The molecule has 8 atom stereocenters. The summed E-state index contributed by atoms with van der Waals surface area (Å²) in [6.07, 6.45) is 22.5. The van der Waals surface area contributed by atoms with Gasteiger partial charge in [0.15, 0.2) is 0 Å². The van der Waals surface area contributed by atoms with Crippen molar-refractivity contribution in [1.29, 1.82) is 0 Å². The lowest BCUT2D eigenvalue weighted by Crippen LogP contribution is -2.48. The molecule has 0 spiro atoms. The summed E-state index contributed by atoms with van der Waals surface area (Å²) < 4.78 is 0. The van der Waals surface area contributed by atoms with Gasteiger partial charge in [-0.3, -0.25) is 0 Å². The molecule has 0 heterocycles. The highest BCUT2D eigenvalue weighted by molar-refractivity contribution is 5.27. The van der Waals surface area contributed by atoms with Crippen molar-refractivity contribution in [2.75, 3.05) is 0 Å². The number of hydrogen-bond donors (Lipinski definition) is 0. The molecule has 4 rings (SSSR count). The zero-order chi connectivity index (χ0) is 20.8. The van der Waals surface area contributed by atoms with Crippen LogP contribution in [0.5, 0.6) is 0 Å². The second-order valence-corrected chi connectivity index (χ2v) is 12.3. The van der Waals surface area contributed by atoms with E-state index in [0.717, 1.165) is 41.4 Å². The van der Waals surface area contributed by atoms with Crippen LogP contribution in [-0.4, -0.2) is 0 Å². The van der Waals surface area contributed by atoms with E-state index in [1.54, 1.807) is 0 Å². The Kier molecular flexibility index (Phi) is 6.14. The highest BCUT2D eigenvalue weighted by Crippen LogP contribution is 2.66. The van der Waals surface area contributed by atoms with E-state index in [1.165, 1.54) is 64.2 Å². The Morgan fingerprint density at radius 3 is 2.41 bits per heavy atom. The molecule has 0 aromatic heterocycles. The molecule has 3 fully saturated rings. The summed E-state index contributed by atoms with van der Waals surface area (Å²) in [5.41, 5.74) is 3.11. The number of allylic oxidation sites excluding steroid dienone is 4. The smallest absolute Gasteiger partial charge is 0.0143 e. The van der Waals surface area contributed by atoms with Gasteiger partial charge < -0.3 is 0 Å². The van der Waals surface area contributed by atoms with Crippen molar-refractivity contribution in [2.24, 2.45) is 52.3 Å².